The van der Waals surface area contributed by atoms with Crippen molar-refractivity contribution in [2.75, 3.05) is 0 Å². The maximum atomic E-state index is 10.8. The Morgan fingerprint density at radius 3 is 2.93 bits per heavy atom. The summed E-state index contributed by atoms with van der Waals surface area (Å²) in [6, 6.07) is 6.01. The van der Waals surface area contributed by atoms with Crippen LogP contribution in [0.15, 0.2) is 30.4 Å². The molecule has 2 aliphatic rings. The number of para-hydroxylation sites is 1. The molecule has 0 spiro atoms. The van der Waals surface area contributed by atoms with Crippen molar-refractivity contribution in [1.82, 2.24) is 0 Å². The van der Waals surface area contributed by atoms with Gasteiger partial charge in [0.15, 0.2) is 0 Å². The van der Waals surface area contributed by atoms with Crippen LogP contribution in [-0.2, 0) is 11.2 Å². The van der Waals surface area contributed by atoms with Crippen molar-refractivity contribution in [1.29, 1.82) is 0 Å². The number of carboxylic acid groups (broad SMARTS) is 1. The summed E-state index contributed by atoms with van der Waals surface area (Å²) in [5, 5.41) is 29.9. The molecule has 156 valence electrons. The molecule has 1 fully saturated rings. The topological polar surface area (TPSA) is 87.0 Å². The van der Waals surface area contributed by atoms with Gasteiger partial charge in [-0.05, 0) is 31.2 Å². The van der Waals surface area contributed by atoms with Crippen LogP contribution in [0.4, 0.5) is 0 Å². The van der Waals surface area contributed by atoms with E-state index in [-0.39, 0.29) is 30.3 Å². The molecule has 1 aliphatic carbocycles. The maximum absolute atomic E-state index is 10.8. The van der Waals surface area contributed by atoms with Crippen LogP contribution in [0.5, 0.6) is 5.75 Å². The highest BCUT2D eigenvalue weighted by atomic mass is 16.5. The number of fused-ring (bicyclic) bond motifs is 3. The third-order valence-corrected chi connectivity index (χ3v) is 6.04. The minimum atomic E-state index is -0.790. The molecule has 3 N–H and O–H groups in total. The van der Waals surface area contributed by atoms with E-state index in [1.54, 1.807) is 13.0 Å². The first kappa shape index (κ1) is 21.4. The highest BCUT2D eigenvalue weighted by molar-refractivity contribution is 5.66. The Hall–Kier alpha value is -2.29. The van der Waals surface area contributed by atoms with Crippen molar-refractivity contribution in [2.45, 2.75) is 70.2 Å². The maximum Gasteiger partial charge on any atom is 0.303 e. The Bertz CT molecular complexity index is 818. The summed E-state index contributed by atoms with van der Waals surface area (Å²) in [5.41, 5.74) is 2.11. The molecule has 1 aromatic rings. The number of carbonyl (C=O) groups is 1. The van der Waals surface area contributed by atoms with Crippen LogP contribution in [0.2, 0.25) is 0 Å². The average molecular weight is 398 g/mol. The van der Waals surface area contributed by atoms with Crippen molar-refractivity contribution in [2.24, 2.45) is 11.8 Å². The van der Waals surface area contributed by atoms with Crippen LogP contribution in [0.3, 0.4) is 0 Å². The minimum absolute atomic E-state index is 0.0287. The number of aliphatic hydroxyl groups is 2. The first-order chi connectivity index (χ1) is 13.9. The third kappa shape index (κ3) is 4.83. The van der Waals surface area contributed by atoms with Gasteiger partial charge in [0.2, 0.25) is 0 Å². The molecule has 6 atom stereocenters. The molecular weight excluding hydrogens is 368 g/mol. The lowest BCUT2D eigenvalue weighted by atomic mass is 9.86. The molecular formula is C24H30O5. The largest absolute Gasteiger partial charge is 0.489 e. The number of aliphatic carboxylic acids is 1. The van der Waals surface area contributed by atoms with Crippen LogP contribution in [0.25, 0.3) is 0 Å². The minimum Gasteiger partial charge on any atom is -0.489 e. The lowest BCUT2D eigenvalue weighted by Crippen LogP contribution is -2.19. The first-order valence-electron chi connectivity index (χ1n) is 10.4. The van der Waals surface area contributed by atoms with Crippen molar-refractivity contribution < 1.29 is 24.9 Å². The van der Waals surface area contributed by atoms with Crippen LogP contribution in [0, 0.1) is 23.7 Å². The first-order valence-corrected chi connectivity index (χ1v) is 10.4. The fourth-order valence-electron chi connectivity index (χ4n) is 4.41. The van der Waals surface area contributed by atoms with Gasteiger partial charge in [-0.2, -0.15) is 0 Å². The normalized spacial score (nSPS) is 26.9. The zero-order valence-corrected chi connectivity index (χ0v) is 17.0. The van der Waals surface area contributed by atoms with Crippen LogP contribution in [0.1, 0.15) is 56.6 Å². The molecule has 0 radical (unpaired) electrons. The van der Waals surface area contributed by atoms with E-state index in [0.717, 1.165) is 16.9 Å². The monoisotopic (exact) mass is 398 g/mol. The number of hydrogen-bond acceptors (Lipinski definition) is 4. The molecule has 1 aliphatic heterocycles. The lowest BCUT2D eigenvalue weighted by Gasteiger charge is -2.19. The molecule has 0 bridgehead atoms. The fourth-order valence-corrected chi connectivity index (χ4v) is 4.41. The number of ether oxygens (including phenoxy) is 1. The van der Waals surface area contributed by atoms with Crippen LogP contribution in [-0.4, -0.2) is 39.6 Å². The van der Waals surface area contributed by atoms with Crippen molar-refractivity contribution in [3.63, 3.8) is 0 Å². The second-order valence-corrected chi connectivity index (χ2v) is 8.13. The third-order valence-electron chi connectivity index (χ3n) is 6.04. The second-order valence-electron chi connectivity index (χ2n) is 8.13. The Morgan fingerprint density at radius 1 is 1.41 bits per heavy atom. The van der Waals surface area contributed by atoms with E-state index in [1.807, 2.05) is 31.2 Å². The van der Waals surface area contributed by atoms with Gasteiger partial charge in [0, 0.05) is 36.7 Å². The molecule has 1 saturated carbocycles. The Balaban J connectivity index is 1.75. The Morgan fingerprint density at radius 2 is 2.21 bits per heavy atom. The van der Waals surface area contributed by atoms with Gasteiger partial charge in [-0.3, -0.25) is 4.79 Å². The highest BCUT2D eigenvalue weighted by Crippen LogP contribution is 2.52. The quantitative estimate of drug-likeness (QED) is 0.462. The summed E-state index contributed by atoms with van der Waals surface area (Å²) in [6.45, 7) is 3.75. The summed E-state index contributed by atoms with van der Waals surface area (Å²) in [5.74, 6) is 5.87. The highest BCUT2D eigenvalue weighted by Gasteiger charge is 2.48. The molecule has 5 heteroatoms. The van der Waals surface area contributed by atoms with Gasteiger partial charge >= 0.3 is 5.97 Å². The summed E-state index contributed by atoms with van der Waals surface area (Å²) in [4.78, 5) is 10.8. The SMILES string of the molecule is CC#CC[C@H](C)[C@H](O)/C=C/[C@H]1[C@@H]2c3cccc(CCCC(=O)O)c3O[C@@H]2C[C@@H]1O. The van der Waals surface area contributed by atoms with Gasteiger partial charge in [-0.15, -0.1) is 11.8 Å². The molecule has 0 amide bonds. The molecule has 0 unspecified atom stereocenters. The van der Waals surface area contributed by atoms with E-state index in [4.69, 9.17) is 9.84 Å². The molecule has 1 aromatic carbocycles. The predicted octanol–water partition coefficient (Wildman–Crippen LogP) is 3.29. The number of aliphatic hydroxyl groups excluding tert-OH is 2. The Labute approximate surface area is 172 Å². The summed E-state index contributed by atoms with van der Waals surface area (Å²) >= 11 is 0. The summed E-state index contributed by atoms with van der Waals surface area (Å²) in [7, 11) is 0. The molecule has 29 heavy (non-hydrogen) atoms. The number of hydrogen-bond donors (Lipinski definition) is 3. The van der Waals surface area contributed by atoms with Crippen LogP contribution < -0.4 is 4.74 Å². The zero-order valence-electron chi connectivity index (χ0n) is 17.0. The zero-order chi connectivity index (χ0) is 21.0. The molecule has 5 nitrogen and oxygen atoms in total. The van der Waals surface area contributed by atoms with Gasteiger partial charge in [-0.25, -0.2) is 0 Å². The van der Waals surface area contributed by atoms with Gasteiger partial charge < -0.3 is 20.1 Å². The molecule has 0 aromatic heterocycles. The van der Waals surface area contributed by atoms with E-state index >= 15 is 0 Å². The number of benzene rings is 1. The molecule has 3 rings (SSSR count). The summed E-state index contributed by atoms with van der Waals surface area (Å²) < 4.78 is 6.21. The van der Waals surface area contributed by atoms with Crippen LogP contribution >= 0.6 is 0 Å². The molecule has 0 saturated heterocycles. The number of aryl methyl sites for hydroxylation is 1. The summed E-state index contributed by atoms with van der Waals surface area (Å²) in [6.07, 6.45) is 5.07. The van der Waals surface area contributed by atoms with Gasteiger partial charge in [-0.1, -0.05) is 37.3 Å². The number of carboxylic acids is 1. The van der Waals surface area contributed by atoms with E-state index in [2.05, 4.69) is 11.8 Å². The van der Waals surface area contributed by atoms with Gasteiger partial charge in [0.25, 0.3) is 0 Å². The Kier molecular flexibility index (Phi) is 7.00. The predicted molar refractivity (Wildman–Crippen MR) is 111 cm³/mol. The van der Waals surface area contributed by atoms with Crippen molar-refractivity contribution in [3.05, 3.63) is 41.5 Å². The smallest absolute Gasteiger partial charge is 0.303 e. The number of rotatable bonds is 8. The van der Waals surface area contributed by atoms with E-state index in [1.165, 1.54) is 0 Å². The average Bonchev–Trinajstić information content (AvgIpc) is 3.19. The van der Waals surface area contributed by atoms with Gasteiger partial charge in [0.05, 0.1) is 12.2 Å². The van der Waals surface area contributed by atoms with Crippen molar-refractivity contribution >= 4 is 5.97 Å². The van der Waals surface area contributed by atoms with E-state index < -0.39 is 18.2 Å². The van der Waals surface area contributed by atoms with Crippen molar-refractivity contribution in [3.8, 4) is 17.6 Å². The van der Waals surface area contributed by atoms with Gasteiger partial charge in [0.1, 0.15) is 11.9 Å². The van der Waals surface area contributed by atoms with E-state index in [0.29, 0.717) is 25.7 Å². The fraction of sp³-hybridized carbons (Fsp3) is 0.542. The van der Waals surface area contributed by atoms with E-state index in [9.17, 15) is 15.0 Å². The lowest BCUT2D eigenvalue weighted by molar-refractivity contribution is -0.137. The molecule has 1 heterocycles. The second kappa shape index (κ2) is 9.47. The standard InChI is InChI=1S/C24H30O5/c1-3-4-7-15(2)19(25)13-12-17-20(26)14-21-23(17)18-10-5-8-16(24(18)29-21)9-6-11-22(27)28/h5,8,10,12-13,15,17,19-21,23,25-26H,6-7,9,11,14H2,1-2H3,(H,27,28)/b13-12+/t15-,17+,19+,20-,21+,23+/m0/s1.